The van der Waals surface area contributed by atoms with Crippen molar-refractivity contribution in [2.45, 2.75) is 64.6 Å². The summed E-state index contributed by atoms with van der Waals surface area (Å²) >= 11 is 0. The van der Waals surface area contributed by atoms with Gasteiger partial charge in [-0.2, -0.15) is 0 Å². The van der Waals surface area contributed by atoms with Gasteiger partial charge in [0.15, 0.2) is 0 Å². The van der Waals surface area contributed by atoms with Crippen LogP contribution >= 0.6 is 0 Å². The molecule has 0 amide bonds. The third kappa shape index (κ3) is 4.49. The second kappa shape index (κ2) is 4.67. The monoisotopic (exact) mass is 200 g/mol. The molecule has 1 rings (SSSR count). The molecule has 1 aliphatic rings. The largest absolute Gasteiger partial charge is 0.509 e. The fourth-order valence-electron chi connectivity index (χ4n) is 1.59. The highest BCUT2D eigenvalue weighted by Crippen LogP contribution is 2.21. The van der Waals surface area contributed by atoms with Crippen molar-refractivity contribution in [1.29, 1.82) is 0 Å². The normalized spacial score (nSPS) is 19.1. The average Bonchev–Trinajstić information content (AvgIpc) is 2.02. The van der Waals surface area contributed by atoms with Crippen LogP contribution < -0.4 is 0 Å². The fourth-order valence-corrected chi connectivity index (χ4v) is 1.59. The summed E-state index contributed by atoms with van der Waals surface area (Å²) in [5.74, 6) is 0. The molecule has 0 N–H and O–H groups in total. The van der Waals surface area contributed by atoms with E-state index >= 15 is 0 Å². The lowest BCUT2D eigenvalue weighted by molar-refractivity contribution is -0.0335. The molecule has 0 radical (unpaired) electrons. The standard InChI is InChI=1S/C11H20O3/c1-11(2,3)14-10(12)13-9-7-5-4-6-8-9/h9H,4-8H2,1-3H3. The topological polar surface area (TPSA) is 35.5 Å². The molecule has 1 saturated carbocycles. The Kier molecular flexibility index (Phi) is 3.78. The second-order valence-corrected chi connectivity index (χ2v) is 4.84. The first kappa shape index (κ1) is 11.3. The van der Waals surface area contributed by atoms with E-state index < -0.39 is 11.8 Å². The van der Waals surface area contributed by atoms with E-state index in [1.165, 1.54) is 6.42 Å². The molecular weight excluding hydrogens is 180 g/mol. The maximum Gasteiger partial charge on any atom is 0.509 e. The molecule has 0 unspecified atom stereocenters. The molecule has 0 aromatic carbocycles. The average molecular weight is 200 g/mol. The summed E-state index contributed by atoms with van der Waals surface area (Å²) in [6.45, 7) is 5.53. The van der Waals surface area contributed by atoms with Gasteiger partial charge < -0.3 is 9.47 Å². The molecule has 82 valence electrons. The smallest absolute Gasteiger partial charge is 0.431 e. The van der Waals surface area contributed by atoms with Gasteiger partial charge in [-0.1, -0.05) is 6.42 Å². The summed E-state index contributed by atoms with van der Waals surface area (Å²) in [6, 6.07) is 0. The van der Waals surface area contributed by atoms with Gasteiger partial charge in [-0.25, -0.2) is 4.79 Å². The highest BCUT2D eigenvalue weighted by atomic mass is 16.7. The quantitative estimate of drug-likeness (QED) is 0.609. The van der Waals surface area contributed by atoms with Gasteiger partial charge in [-0.3, -0.25) is 0 Å². The summed E-state index contributed by atoms with van der Waals surface area (Å²) in [4.78, 5) is 11.3. The van der Waals surface area contributed by atoms with Crippen molar-refractivity contribution in [2.24, 2.45) is 0 Å². The molecule has 0 aromatic heterocycles. The molecular formula is C11H20O3. The Balaban J connectivity index is 2.25. The Hall–Kier alpha value is -0.730. The molecule has 1 aliphatic carbocycles. The molecule has 0 saturated heterocycles. The van der Waals surface area contributed by atoms with E-state index in [9.17, 15) is 4.79 Å². The van der Waals surface area contributed by atoms with Gasteiger partial charge in [0.05, 0.1) is 0 Å². The Labute approximate surface area is 85.8 Å². The Bertz CT molecular complexity index is 187. The molecule has 0 aromatic rings. The van der Waals surface area contributed by atoms with Crippen molar-refractivity contribution in [3.8, 4) is 0 Å². The number of rotatable bonds is 1. The van der Waals surface area contributed by atoms with Gasteiger partial charge in [0.2, 0.25) is 0 Å². The minimum atomic E-state index is -0.524. The van der Waals surface area contributed by atoms with E-state index in [0.29, 0.717) is 0 Å². The van der Waals surface area contributed by atoms with Crippen molar-refractivity contribution >= 4 is 6.16 Å². The molecule has 14 heavy (non-hydrogen) atoms. The first-order valence-electron chi connectivity index (χ1n) is 5.37. The molecule has 0 bridgehead atoms. The molecule has 0 atom stereocenters. The number of carbonyl (C=O) groups is 1. The van der Waals surface area contributed by atoms with Crippen LogP contribution in [-0.4, -0.2) is 17.9 Å². The van der Waals surface area contributed by atoms with E-state index in [2.05, 4.69) is 0 Å². The van der Waals surface area contributed by atoms with Crippen LogP contribution in [0.15, 0.2) is 0 Å². The lowest BCUT2D eigenvalue weighted by Gasteiger charge is -2.24. The molecule has 3 heteroatoms. The Morgan fingerprint density at radius 2 is 1.71 bits per heavy atom. The predicted octanol–water partition coefficient (Wildman–Crippen LogP) is 3.27. The maximum absolute atomic E-state index is 11.3. The summed E-state index contributed by atoms with van der Waals surface area (Å²) in [6.07, 6.45) is 5.11. The summed E-state index contributed by atoms with van der Waals surface area (Å²) < 4.78 is 10.3. The van der Waals surface area contributed by atoms with Crippen molar-refractivity contribution in [3.05, 3.63) is 0 Å². The lowest BCUT2D eigenvalue weighted by Crippen LogP contribution is -2.28. The van der Waals surface area contributed by atoms with Crippen LogP contribution in [0.3, 0.4) is 0 Å². The number of ether oxygens (including phenoxy) is 2. The number of hydrogen-bond acceptors (Lipinski definition) is 3. The van der Waals surface area contributed by atoms with Gasteiger partial charge in [0, 0.05) is 0 Å². The van der Waals surface area contributed by atoms with Crippen molar-refractivity contribution < 1.29 is 14.3 Å². The van der Waals surface area contributed by atoms with E-state index in [4.69, 9.17) is 9.47 Å². The predicted molar refractivity (Wildman–Crippen MR) is 54.2 cm³/mol. The van der Waals surface area contributed by atoms with Crippen molar-refractivity contribution in [2.75, 3.05) is 0 Å². The van der Waals surface area contributed by atoms with Crippen LogP contribution in [0.2, 0.25) is 0 Å². The lowest BCUT2D eigenvalue weighted by atomic mass is 9.98. The van der Waals surface area contributed by atoms with E-state index in [-0.39, 0.29) is 6.10 Å². The minimum Gasteiger partial charge on any atom is -0.431 e. The number of carbonyl (C=O) groups excluding carboxylic acids is 1. The van der Waals surface area contributed by atoms with Crippen molar-refractivity contribution in [3.63, 3.8) is 0 Å². The summed E-state index contributed by atoms with van der Waals surface area (Å²) in [7, 11) is 0. The van der Waals surface area contributed by atoms with Crippen LogP contribution in [0.4, 0.5) is 4.79 Å². The van der Waals surface area contributed by atoms with Gasteiger partial charge in [0.25, 0.3) is 0 Å². The van der Waals surface area contributed by atoms with E-state index in [1.54, 1.807) is 0 Å². The van der Waals surface area contributed by atoms with Crippen LogP contribution in [0.5, 0.6) is 0 Å². The van der Waals surface area contributed by atoms with Crippen molar-refractivity contribution in [1.82, 2.24) is 0 Å². The van der Waals surface area contributed by atoms with Crippen LogP contribution in [-0.2, 0) is 9.47 Å². The van der Waals surface area contributed by atoms with Crippen LogP contribution in [0.1, 0.15) is 52.9 Å². The zero-order valence-electron chi connectivity index (χ0n) is 9.34. The third-order valence-electron chi connectivity index (χ3n) is 2.20. The fraction of sp³-hybridized carbons (Fsp3) is 0.909. The van der Waals surface area contributed by atoms with Crippen LogP contribution in [0.25, 0.3) is 0 Å². The number of hydrogen-bond donors (Lipinski definition) is 0. The van der Waals surface area contributed by atoms with Gasteiger partial charge in [-0.15, -0.1) is 0 Å². The molecule has 3 nitrogen and oxygen atoms in total. The Morgan fingerprint density at radius 1 is 1.14 bits per heavy atom. The molecule has 1 fully saturated rings. The van der Waals surface area contributed by atoms with Crippen LogP contribution in [0, 0.1) is 0 Å². The third-order valence-corrected chi connectivity index (χ3v) is 2.20. The SMILES string of the molecule is CC(C)(C)OC(=O)OC1CCCCC1. The highest BCUT2D eigenvalue weighted by molar-refractivity contribution is 5.60. The first-order valence-corrected chi connectivity index (χ1v) is 5.37. The molecule has 0 aliphatic heterocycles. The molecule has 0 spiro atoms. The zero-order valence-corrected chi connectivity index (χ0v) is 9.34. The van der Waals surface area contributed by atoms with Gasteiger partial charge in [0.1, 0.15) is 11.7 Å². The molecule has 0 heterocycles. The zero-order chi connectivity index (χ0) is 10.6. The van der Waals surface area contributed by atoms with Gasteiger partial charge in [-0.05, 0) is 46.5 Å². The minimum absolute atomic E-state index is 0.0820. The summed E-state index contributed by atoms with van der Waals surface area (Å²) in [5, 5.41) is 0. The highest BCUT2D eigenvalue weighted by Gasteiger charge is 2.22. The van der Waals surface area contributed by atoms with Gasteiger partial charge >= 0.3 is 6.16 Å². The second-order valence-electron chi connectivity index (χ2n) is 4.84. The van der Waals surface area contributed by atoms with E-state index in [0.717, 1.165) is 25.7 Å². The summed E-state index contributed by atoms with van der Waals surface area (Å²) in [5.41, 5.74) is -0.453. The Morgan fingerprint density at radius 3 is 2.21 bits per heavy atom. The van der Waals surface area contributed by atoms with E-state index in [1.807, 2.05) is 20.8 Å². The maximum atomic E-state index is 11.3. The first-order chi connectivity index (χ1) is 6.47.